The third-order valence-electron chi connectivity index (χ3n) is 5.26. The van der Waals surface area contributed by atoms with Crippen LogP contribution < -0.4 is 5.32 Å². The molecule has 0 amide bonds. The van der Waals surface area contributed by atoms with Gasteiger partial charge in [0.15, 0.2) is 0 Å². The van der Waals surface area contributed by atoms with E-state index < -0.39 is 0 Å². The van der Waals surface area contributed by atoms with E-state index in [1.807, 2.05) is 0 Å². The summed E-state index contributed by atoms with van der Waals surface area (Å²) in [6, 6.07) is 18.1. The summed E-state index contributed by atoms with van der Waals surface area (Å²) in [6.07, 6.45) is 5.27. The lowest BCUT2D eigenvalue weighted by atomic mass is 9.75. The molecule has 1 aliphatic heterocycles. The van der Waals surface area contributed by atoms with Crippen LogP contribution >= 0.6 is 0 Å². The maximum absolute atomic E-state index is 3.60. The summed E-state index contributed by atoms with van der Waals surface area (Å²) < 4.78 is 0. The van der Waals surface area contributed by atoms with Gasteiger partial charge in [-0.05, 0) is 59.8 Å². The second-order valence-electron chi connectivity index (χ2n) is 6.55. The van der Waals surface area contributed by atoms with Gasteiger partial charge in [-0.2, -0.15) is 0 Å². The monoisotopic (exact) mass is 277 g/mol. The zero-order valence-corrected chi connectivity index (χ0v) is 12.5. The van der Waals surface area contributed by atoms with E-state index in [1.165, 1.54) is 31.2 Å². The molecule has 0 spiro atoms. The van der Waals surface area contributed by atoms with Gasteiger partial charge in [0.25, 0.3) is 0 Å². The number of hydrogen-bond acceptors (Lipinski definition) is 1. The molecule has 0 fully saturated rings. The number of rotatable bonds is 2. The minimum absolute atomic E-state index is 0.672. The molecule has 21 heavy (non-hydrogen) atoms. The first-order valence-corrected chi connectivity index (χ1v) is 8.28. The molecule has 0 radical (unpaired) electrons. The molecule has 0 saturated heterocycles. The molecule has 2 unspecified atom stereocenters. The molecule has 108 valence electrons. The Bertz CT molecular complexity index is 576. The van der Waals surface area contributed by atoms with E-state index in [9.17, 15) is 0 Å². The average Bonchev–Trinajstić information content (AvgIpc) is 2.56. The number of aryl methyl sites for hydroxylation is 1. The standard InChI is InChI=1S/C20H23N/c1-3-10-19-15(6-1)8-5-9-16(19)12-18-14-21-13-17-7-2-4-11-20(17)18/h1-4,6-7,10-11,16,18,21H,5,8-9,12-14H2. The molecule has 0 bridgehead atoms. The van der Waals surface area contributed by atoms with Gasteiger partial charge in [-0.15, -0.1) is 0 Å². The van der Waals surface area contributed by atoms with Crippen molar-refractivity contribution in [2.45, 2.75) is 44.1 Å². The largest absolute Gasteiger partial charge is 0.312 e. The molecular formula is C20H23N. The van der Waals surface area contributed by atoms with Crippen molar-refractivity contribution in [3.63, 3.8) is 0 Å². The van der Waals surface area contributed by atoms with Crippen LogP contribution in [0.2, 0.25) is 0 Å². The van der Waals surface area contributed by atoms with Crippen LogP contribution in [0.1, 0.15) is 53.4 Å². The molecule has 2 aromatic carbocycles. The second kappa shape index (κ2) is 5.65. The molecule has 0 aromatic heterocycles. The van der Waals surface area contributed by atoms with Gasteiger partial charge in [-0.3, -0.25) is 0 Å². The van der Waals surface area contributed by atoms with Crippen LogP contribution in [-0.4, -0.2) is 6.54 Å². The summed E-state index contributed by atoms with van der Waals surface area (Å²) in [7, 11) is 0. The SMILES string of the molecule is c1ccc2c(c1)CCCC2CC1CNCc2ccccc21. The molecule has 0 saturated carbocycles. The normalized spacial score (nSPS) is 24.2. The summed E-state index contributed by atoms with van der Waals surface area (Å²) >= 11 is 0. The lowest BCUT2D eigenvalue weighted by molar-refractivity contribution is 0.435. The van der Waals surface area contributed by atoms with E-state index in [1.54, 1.807) is 16.7 Å². The molecular weight excluding hydrogens is 254 g/mol. The zero-order chi connectivity index (χ0) is 14.1. The van der Waals surface area contributed by atoms with Crippen molar-refractivity contribution in [2.24, 2.45) is 0 Å². The summed E-state index contributed by atoms with van der Waals surface area (Å²) in [5.41, 5.74) is 6.29. The van der Waals surface area contributed by atoms with E-state index in [0.717, 1.165) is 19.0 Å². The fourth-order valence-corrected chi connectivity index (χ4v) is 4.24. The predicted octanol–water partition coefficient (Wildman–Crippen LogP) is 4.38. The number of fused-ring (bicyclic) bond motifs is 2. The van der Waals surface area contributed by atoms with Crippen LogP contribution in [0.3, 0.4) is 0 Å². The Kier molecular flexibility index (Phi) is 3.52. The molecule has 1 heterocycles. The van der Waals surface area contributed by atoms with Gasteiger partial charge in [0.05, 0.1) is 0 Å². The average molecular weight is 277 g/mol. The van der Waals surface area contributed by atoms with Gasteiger partial charge in [0.1, 0.15) is 0 Å². The third-order valence-corrected chi connectivity index (χ3v) is 5.26. The maximum atomic E-state index is 3.60. The Balaban J connectivity index is 1.61. The van der Waals surface area contributed by atoms with Crippen LogP contribution in [0.25, 0.3) is 0 Å². The highest BCUT2D eigenvalue weighted by atomic mass is 14.9. The summed E-state index contributed by atoms with van der Waals surface area (Å²) in [5, 5.41) is 3.60. The van der Waals surface area contributed by atoms with Gasteiger partial charge >= 0.3 is 0 Å². The van der Waals surface area contributed by atoms with E-state index in [2.05, 4.69) is 53.8 Å². The van der Waals surface area contributed by atoms with Crippen molar-refractivity contribution in [3.8, 4) is 0 Å². The molecule has 2 atom stereocenters. The first-order valence-electron chi connectivity index (χ1n) is 8.28. The third kappa shape index (κ3) is 2.51. The smallest absolute Gasteiger partial charge is 0.0208 e. The fraction of sp³-hybridized carbons (Fsp3) is 0.400. The Labute approximate surface area is 127 Å². The minimum Gasteiger partial charge on any atom is -0.312 e. The summed E-state index contributed by atoms with van der Waals surface area (Å²) in [4.78, 5) is 0. The molecule has 1 N–H and O–H groups in total. The molecule has 1 aliphatic carbocycles. The van der Waals surface area contributed by atoms with E-state index in [0.29, 0.717) is 5.92 Å². The topological polar surface area (TPSA) is 12.0 Å². The van der Waals surface area contributed by atoms with Crippen molar-refractivity contribution in [1.29, 1.82) is 0 Å². The Morgan fingerprint density at radius 2 is 1.57 bits per heavy atom. The summed E-state index contributed by atoms with van der Waals surface area (Å²) in [5.74, 6) is 1.42. The van der Waals surface area contributed by atoms with Gasteiger partial charge in [-0.25, -0.2) is 0 Å². The lowest BCUT2D eigenvalue weighted by Gasteiger charge is -2.32. The first-order chi connectivity index (χ1) is 10.4. The highest BCUT2D eigenvalue weighted by Crippen LogP contribution is 2.39. The van der Waals surface area contributed by atoms with Crippen molar-refractivity contribution in [1.82, 2.24) is 5.32 Å². The Hall–Kier alpha value is -1.60. The van der Waals surface area contributed by atoms with E-state index >= 15 is 0 Å². The molecule has 2 aliphatic rings. The molecule has 2 aromatic rings. The van der Waals surface area contributed by atoms with Crippen LogP contribution in [-0.2, 0) is 13.0 Å². The van der Waals surface area contributed by atoms with Crippen molar-refractivity contribution < 1.29 is 0 Å². The number of benzene rings is 2. The van der Waals surface area contributed by atoms with Crippen molar-refractivity contribution in [2.75, 3.05) is 6.54 Å². The van der Waals surface area contributed by atoms with Crippen LogP contribution in [0, 0.1) is 0 Å². The van der Waals surface area contributed by atoms with Gasteiger partial charge in [0, 0.05) is 13.1 Å². The lowest BCUT2D eigenvalue weighted by Crippen LogP contribution is -2.29. The molecule has 4 rings (SSSR count). The van der Waals surface area contributed by atoms with E-state index in [-0.39, 0.29) is 0 Å². The first kappa shape index (κ1) is 13.1. The highest BCUT2D eigenvalue weighted by molar-refractivity contribution is 5.36. The van der Waals surface area contributed by atoms with Gasteiger partial charge in [-0.1, -0.05) is 48.5 Å². The minimum atomic E-state index is 0.672. The van der Waals surface area contributed by atoms with Crippen molar-refractivity contribution in [3.05, 3.63) is 70.8 Å². The van der Waals surface area contributed by atoms with Gasteiger partial charge < -0.3 is 5.32 Å². The summed E-state index contributed by atoms with van der Waals surface area (Å²) in [6.45, 7) is 2.17. The quantitative estimate of drug-likeness (QED) is 0.858. The zero-order valence-electron chi connectivity index (χ0n) is 12.5. The van der Waals surface area contributed by atoms with Gasteiger partial charge in [0.2, 0.25) is 0 Å². The number of nitrogens with one attached hydrogen (secondary N) is 1. The predicted molar refractivity (Wildman–Crippen MR) is 87.6 cm³/mol. The Morgan fingerprint density at radius 3 is 2.43 bits per heavy atom. The van der Waals surface area contributed by atoms with Crippen LogP contribution in [0.4, 0.5) is 0 Å². The highest BCUT2D eigenvalue weighted by Gasteiger charge is 2.26. The fourth-order valence-electron chi connectivity index (χ4n) is 4.24. The molecule has 1 heteroatoms. The Morgan fingerprint density at radius 1 is 0.857 bits per heavy atom. The number of hydrogen-bond donors (Lipinski definition) is 1. The van der Waals surface area contributed by atoms with Crippen molar-refractivity contribution >= 4 is 0 Å². The van der Waals surface area contributed by atoms with E-state index in [4.69, 9.17) is 0 Å². The maximum Gasteiger partial charge on any atom is 0.0208 e. The molecule has 1 nitrogen and oxygen atoms in total. The van der Waals surface area contributed by atoms with Crippen LogP contribution in [0.5, 0.6) is 0 Å². The van der Waals surface area contributed by atoms with Crippen LogP contribution in [0.15, 0.2) is 48.5 Å². The second-order valence-corrected chi connectivity index (χ2v) is 6.55.